The van der Waals surface area contributed by atoms with Crippen LogP contribution in [0, 0.1) is 6.92 Å². The number of cyclic esters (lactones) is 1. The normalized spacial score (nSPS) is 31.1. The van der Waals surface area contributed by atoms with Crippen LogP contribution in [0.4, 0.5) is 4.39 Å². The van der Waals surface area contributed by atoms with Gasteiger partial charge in [0.15, 0.2) is 11.9 Å². The maximum absolute atomic E-state index is 15.5. The highest BCUT2D eigenvalue weighted by molar-refractivity contribution is 7.52. The van der Waals surface area contributed by atoms with Crippen LogP contribution in [0.2, 0.25) is 0 Å². The van der Waals surface area contributed by atoms with E-state index in [2.05, 4.69) is 10.1 Å². The van der Waals surface area contributed by atoms with Gasteiger partial charge in [0.1, 0.15) is 29.6 Å². The molecule has 1 aromatic heterocycles. The number of aliphatic hydroxyl groups is 1. The number of hydrogen-bond acceptors (Lipinski definition) is 9. The number of esters is 1. The van der Waals surface area contributed by atoms with E-state index in [1.54, 1.807) is 51.1 Å². The molecule has 196 valence electrons. The molecule has 4 rings (SSSR count). The molecule has 2 saturated heterocycles. The zero-order valence-electron chi connectivity index (χ0n) is 20.3. The minimum absolute atomic E-state index is 0.192. The molecule has 6 atom stereocenters. The summed E-state index contributed by atoms with van der Waals surface area (Å²) in [5.41, 5.74) is -3.49. The van der Waals surface area contributed by atoms with E-state index in [1.807, 2.05) is 0 Å². The van der Waals surface area contributed by atoms with Crippen LogP contribution >= 0.6 is 7.75 Å². The third kappa shape index (κ3) is 5.52. The molecule has 36 heavy (non-hydrogen) atoms. The van der Waals surface area contributed by atoms with E-state index in [-0.39, 0.29) is 12.2 Å². The summed E-state index contributed by atoms with van der Waals surface area (Å²) in [7, 11) is -4.26. The Morgan fingerprint density at radius 1 is 1.25 bits per heavy atom. The molecule has 0 aliphatic carbocycles. The summed E-state index contributed by atoms with van der Waals surface area (Å²) < 4.78 is 52.2. The van der Waals surface area contributed by atoms with Crippen LogP contribution in [0.3, 0.4) is 0 Å². The fourth-order valence-corrected chi connectivity index (χ4v) is 5.66. The van der Waals surface area contributed by atoms with Crippen LogP contribution in [0.15, 0.2) is 47.4 Å². The topological polar surface area (TPSA) is 138 Å². The highest BCUT2D eigenvalue weighted by Gasteiger charge is 2.56. The lowest BCUT2D eigenvalue weighted by atomic mass is 9.98. The first-order chi connectivity index (χ1) is 16.8. The van der Waals surface area contributed by atoms with Crippen molar-refractivity contribution in [2.45, 2.75) is 69.9 Å². The van der Waals surface area contributed by atoms with Gasteiger partial charge in [0.25, 0.3) is 0 Å². The molecule has 3 heterocycles. The van der Waals surface area contributed by atoms with Crippen LogP contribution in [-0.2, 0) is 23.4 Å². The molecule has 0 spiro atoms. The smallest absolute Gasteiger partial charge is 0.458 e. The number of aromatic nitrogens is 2. The summed E-state index contributed by atoms with van der Waals surface area (Å²) in [4.78, 5) is 28.4. The number of rotatable bonds is 8. The first-order valence-corrected chi connectivity index (χ1v) is 12.9. The largest absolute Gasteiger partial charge is 0.459 e. The summed E-state index contributed by atoms with van der Waals surface area (Å²) in [6.07, 6.45) is -3.04. The molecular formula is C23H29FN3O8P. The molecule has 2 aliphatic rings. The monoisotopic (exact) mass is 525 g/mol. The Morgan fingerprint density at radius 3 is 2.56 bits per heavy atom. The van der Waals surface area contributed by atoms with Crippen molar-refractivity contribution in [3.05, 3.63) is 58.8 Å². The van der Waals surface area contributed by atoms with Crippen molar-refractivity contribution in [2.75, 3.05) is 6.61 Å². The zero-order valence-corrected chi connectivity index (χ0v) is 21.2. The highest BCUT2D eigenvalue weighted by atomic mass is 31.2. The van der Waals surface area contributed by atoms with Crippen molar-refractivity contribution in [3.8, 4) is 5.75 Å². The Hall–Kier alpha value is -2.63. The van der Waals surface area contributed by atoms with E-state index in [1.165, 1.54) is 12.3 Å². The van der Waals surface area contributed by atoms with Gasteiger partial charge in [-0.1, -0.05) is 18.2 Å². The Labute approximate surface area is 207 Å². The van der Waals surface area contributed by atoms with Gasteiger partial charge in [-0.3, -0.25) is 13.9 Å². The number of carbonyl (C=O) groups excluding carboxylic acids is 1. The van der Waals surface area contributed by atoms with E-state index < -0.39 is 61.8 Å². The lowest BCUT2D eigenvalue weighted by molar-refractivity contribution is -0.147. The van der Waals surface area contributed by atoms with Crippen LogP contribution in [0.25, 0.3) is 0 Å². The van der Waals surface area contributed by atoms with Gasteiger partial charge in [0, 0.05) is 18.3 Å². The number of halogens is 1. The second-order valence-electron chi connectivity index (χ2n) is 9.65. The Balaban J connectivity index is 1.54. The molecule has 11 nitrogen and oxygen atoms in total. The number of nitrogens with one attached hydrogen (secondary N) is 1. The van der Waals surface area contributed by atoms with Crippen LogP contribution in [-0.4, -0.2) is 56.8 Å². The molecule has 0 bridgehead atoms. The Bertz CT molecular complexity index is 1220. The van der Waals surface area contributed by atoms with Gasteiger partial charge in [-0.2, -0.15) is 10.1 Å². The van der Waals surface area contributed by atoms with Crippen molar-refractivity contribution in [3.63, 3.8) is 0 Å². The van der Waals surface area contributed by atoms with E-state index in [9.17, 15) is 19.3 Å². The molecule has 0 saturated carbocycles. The minimum atomic E-state index is -4.26. The first-order valence-electron chi connectivity index (χ1n) is 11.4. The molecule has 2 N–H and O–H groups in total. The number of para-hydroxylation sites is 1. The Kier molecular flexibility index (Phi) is 7.11. The minimum Gasteiger partial charge on any atom is -0.458 e. The van der Waals surface area contributed by atoms with Crippen molar-refractivity contribution in [1.29, 1.82) is 0 Å². The number of nitrogens with zero attached hydrogens (tertiary/aromatic N) is 2. The molecule has 0 amide bonds. The number of aryl methyl sites for hydroxylation is 1. The van der Waals surface area contributed by atoms with Gasteiger partial charge in [-0.25, -0.2) is 13.8 Å². The summed E-state index contributed by atoms with van der Waals surface area (Å²) in [6.45, 7) is 5.55. The molecule has 2 fully saturated rings. The second kappa shape index (κ2) is 9.68. The molecule has 1 aromatic carbocycles. The third-order valence-corrected chi connectivity index (χ3v) is 7.56. The van der Waals surface area contributed by atoms with Gasteiger partial charge in [-0.15, -0.1) is 0 Å². The van der Waals surface area contributed by atoms with Crippen LogP contribution < -0.4 is 15.3 Å². The van der Waals surface area contributed by atoms with Crippen molar-refractivity contribution in [1.82, 2.24) is 14.6 Å². The summed E-state index contributed by atoms with van der Waals surface area (Å²) in [6, 6.07) is 8.65. The Morgan fingerprint density at radius 2 is 1.94 bits per heavy atom. The van der Waals surface area contributed by atoms with Crippen molar-refractivity contribution in [2.24, 2.45) is 0 Å². The molecule has 2 aromatic rings. The summed E-state index contributed by atoms with van der Waals surface area (Å²) >= 11 is 0. The molecule has 0 radical (unpaired) electrons. The maximum Gasteiger partial charge on any atom is 0.459 e. The maximum atomic E-state index is 15.5. The average molecular weight is 525 g/mol. The van der Waals surface area contributed by atoms with Gasteiger partial charge < -0.3 is 19.1 Å². The standard InChI is InChI=1S/C23H29FN3O8P/c1-14-10-11-27(21(30)25-14)20-23(4,24)18(28)17(33-20)13-32-36(31,35-15-8-6-5-7-9-15)26-16-12-22(2,3)34-19(16)29/h5-11,16-18,20,28H,12-13H2,1-4H3,(H,26,31)/t16?,17-,18-,20-,23-,36?/m1/s1. The predicted octanol–water partition coefficient (Wildman–Crippen LogP) is 2.43. The number of carbonyl (C=O) groups is 1. The van der Waals surface area contributed by atoms with Gasteiger partial charge >= 0.3 is 19.4 Å². The van der Waals surface area contributed by atoms with Crippen molar-refractivity contribution >= 4 is 13.7 Å². The number of hydrogen-bond donors (Lipinski definition) is 2. The van der Waals surface area contributed by atoms with Gasteiger partial charge in [0.05, 0.1) is 6.61 Å². The molecule has 2 unspecified atom stereocenters. The van der Waals surface area contributed by atoms with E-state index in [0.717, 1.165) is 11.5 Å². The third-order valence-electron chi connectivity index (χ3n) is 5.99. The fraction of sp³-hybridized carbons (Fsp3) is 0.522. The molecular weight excluding hydrogens is 496 g/mol. The molecule has 13 heteroatoms. The second-order valence-corrected chi connectivity index (χ2v) is 11.3. The van der Waals surface area contributed by atoms with Gasteiger partial charge in [0.2, 0.25) is 0 Å². The lowest BCUT2D eigenvalue weighted by Crippen LogP contribution is -2.43. The van der Waals surface area contributed by atoms with E-state index in [0.29, 0.717) is 5.69 Å². The summed E-state index contributed by atoms with van der Waals surface area (Å²) in [5.74, 6) is -0.433. The van der Waals surface area contributed by atoms with Gasteiger partial charge in [-0.05, 0) is 45.9 Å². The van der Waals surface area contributed by atoms with Crippen LogP contribution in [0.5, 0.6) is 5.75 Å². The number of benzene rings is 1. The number of aliphatic hydroxyl groups excluding tert-OH is 1. The average Bonchev–Trinajstić information content (AvgIpc) is 3.17. The summed E-state index contributed by atoms with van der Waals surface area (Å²) in [5, 5.41) is 13.2. The lowest BCUT2D eigenvalue weighted by Gasteiger charge is -2.25. The quantitative estimate of drug-likeness (QED) is 0.390. The van der Waals surface area contributed by atoms with Crippen LogP contribution in [0.1, 0.15) is 39.1 Å². The highest BCUT2D eigenvalue weighted by Crippen LogP contribution is 2.48. The molecule has 2 aliphatic heterocycles. The van der Waals surface area contributed by atoms with Crippen molar-refractivity contribution < 1.29 is 37.4 Å². The number of ether oxygens (including phenoxy) is 2. The zero-order chi connectivity index (χ0) is 26.3. The first kappa shape index (κ1) is 26.4. The number of alkyl halides is 1. The van der Waals surface area contributed by atoms with E-state index >= 15 is 4.39 Å². The SMILES string of the molecule is Cc1ccn([C@@H]2O[C@H](COP(=O)(NC3CC(C)(C)OC3=O)Oc3ccccc3)[C@@H](O)[C@@]2(C)F)c(=O)n1. The fourth-order valence-electron chi connectivity index (χ4n) is 4.16. The predicted molar refractivity (Wildman–Crippen MR) is 125 cm³/mol. The van der Waals surface area contributed by atoms with E-state index in [4.69, 9.17) is 18.5 Å².